The molecule has 0 radical (unpaired) electrons. The van der Waals surface area contributed by atoms with Crippen molar-refractivity contribution in [2.45, 2.75) is 26.0 Å². The smallest absolute Gasteiger partial charge is 0.278 e. The van der Waals surface area contributed by atoms with Crippen molar-refractivity contribution in [3.63, 3.8) is 0 Å². The summed E-state index contributed by atoms with van der Waals surface area (Å²) in [5.74, 6) is 0.820. The summed E-state index contributed by atoms with van der Waals surface area (Å²) >= 11 is 0. The van der Waals surface area contributed by atoms with E-state index in [1.807, 2.05) is 6.07 Å². The number of fused-ring (bicyclic) bond motifs is 2. The molecule has 1 aliphatic heterocycles. The minimum absolute atomic E-state index is 0.246. The van der Waals surface area contributed by atoms with Crippen molar-refractivity contribution in [3.05, 3.63) is 89.5 Å². The van der Waals surface area contributed by atoms with E-state index in [-0.39, 0.29) is 12.1 Å². The Balaban J connectivity index is 1.38. The zero-order valence-electron chi connectivity index (χ0n) is 23.6. The van der Waals surface area contributed by atoms with Crippen LogP contribution >= 0.6 is 0 Å². The topological polar surface area (TPSA) is 104 Å². The van der Waals surface area contributed by atoms with Crippen molar-refractivity contribution in [2.24, 2.45) is 0 Å². The molecule has 2 aromatic carbocycles. The van der Waals surface area contributed by atoms with Crippen LogP contribution in [-0.4, -0.2) is 67.5 Å². The van der Waals surface area contributed by atoms with Gasteiger partial charge in [-0.1, -0.05) is 30.3 Å². The van der Waals surface area contributed by atoms with Gasteiger partial charge in [-0.15, -0.1) is 6.58 Å². The van der Waals surface area contributed by atoms with Crippen molar-refractivity contribution >= 4 is 39.1 Å². The Labute approximate surface area is 238 Å². The van der Waals surface area contributed by atoms with E-state index < -0.39 is 5.60 Å². The number of allylic oxidation sites excluding steroid dienone is 1. The molecule has 0 atom stereocenters. The average Bonchev–Trinajstić information content (AvgIpc) is 3.23. The lowest BCUT2D eigenvalue weighted by Gasteiger charge is -2.34. The average molecular weight is 551 g/mol. The summed E-state index contributed by atoms with van der Waals surface area (Å²) in [6.07, 6.45) is 3.18. The molecular weight excluding hydrogens is 516 g/mol. The predicted octanol–water partition coefficient (Wildman–Crippen LogP) is 4.04. The lowest BCUT2D eigenvalue weighted by atomic mass is 10.1. The molecule has 0 unspecified atom stereocenters. The molecule has 41 heavy (non-hydrogen) atoms. The molecule has 4 heterocycles. The molecule has 1 fully saturated rings. The van der Waals surface area contributed by atoms with Gasteiger partial charge in [0.2, 0.25) is 5.95 Å². The highest BCUT2D eigenvalue weighted by atomic mass is 16.3. The third-order valence-corrected chi connectivity index (χ3v) is 7.51. The van der Waals surface area contributed by atoms with Gasteiger partial charge in [0.05, 0.1) is 12.2 Å². The van der Waals surface area contributed by atoms with Gasteiger partial charge in [0.1, 0.15) is 11.0 Å². The zero-order valence-corrected chi connectivity index (χ0v) is 23.6. The van der Waals surface area contributed by atoms with E-state index in [0.717, 1.165) is 37.3 Å². The van der Waals surface area contributed by atoms with Gasteiger partial charge in [-0.2, -0.15) is 4.98 Å². The zero-order chi connectivity index (χ0) is 28.7. The number of likely N-dealkylation sites (N-methyl/N-ethyl adjacent to an activating group) is 1. The fraction of sp³-hybridized carbons (Fsp3) is 0.290. The van der Waals surface area contributed by atoms with E-state index >= 15 is 0 Å². The van der Waals surface area contributed by atoms with Crippen LogP contribution in [-0.2, 0) is 12.1 Å². The Bertz CT molecular complexity index is 1810. The summed E-state index contributed by atoms with van der Waals surface area (Å²) in [5.41, 5.74) is 1.58. The van der Waals surface area contributed by atoms with Gasteiger partial charge < -0.3 is 20.2 Å². The molecule has 5 aromatic rings. The normalized spacial score (nSPS) is 14.6. The fourth-order valence-corrected chi connectivity index (χ4v) is 5.29. The number of anilines is 3. The second kappa shape index (κ2) is 10.5. The minimum atomic E-state index is -1.15. The maximum absolute atomic E-state index is 13.3. The van der Waals surface area contributed by atoms with E-state index in [1.54, 1.807) is 42.8 Å². The molecule has 0 amide bonds. The summed E-state index contributed by atoms with van der Waals surface area (Å²) in [7, 11) is 2.16. The number of nitrogens with one attached hydrogen (secondary N) is 1. The third-order valence-electron chi connectivity index (χ3n) is 7.51. The maximum Gasteiger partial charge on any atom is 0.278 e. The van der Waals surface area contributed by atoms with E-state index in [0.29, 0.717) is 28.5 Å². The second-order valence-electron chi connectivity index (χ2n) is 11.0. The number of pyridine rings is 1. The van der Waals surface area contributed by atoms with Crippen molar-refractivity contribution in [1.29, 1.82) is 0 Å². The predicted molar refractivity (Wildman–Crippen MR) is 163 cm³/mol. The largest absolute Gasteiger partial charge is 0.384 e. The lowest BCUT2D eigenvalue weighted by molar-refractivity contribution is 0.0738. The lowest BCUT2D eigenvalue weighted by Crippen LogP contribution is -2.44. The van der Waals surface area contributed by atoms with Gasteiger partial charge in [-0.3, -0.25) is 4.79 Å². The summed E-state index contributed by atoms with van der Waals surface area (Å²) in [4.78, 5) is 32.0. The first kappa shape index (κ1) is 26.7. The molecule has 2 N–H and O–H groups in total. The SMILES string of the molecule is C=CCn1c(=O)c2cnc(Nc3ccc4c(N5CCN(C)CC5)cccc4c3)nc2n1-c1cccc(C(C)(C)O)n1. The van der Waals surface area contributed by atoms with Crippen LogP contribution in [0, 0.1) is 0 Å². The van der Waals surface area contributed by atoms with Crippen molar-refractivity contribution in [3.8, 4) is 5.82 Å². The van der Waals surface area contributed by atoms with Gasteiger partial charge in [0.15, 0.2) is 11.5 Å². The molecule has 0 aliphatic carbocycles. The van der Waals surface area contributed by atoms with Gasteiger partial charge >= 0.3 is 0 Å². The Hall–Kier alpha value is -4.54. The highest BCUT2D eigenvalue weighted by Gasteiger charge is 2.22. The molecule has 0 saturated carbocycles. The molecule has 10 nitrogen and oxygen atoms in total. The fourth-order valence-electron chi connectivity index (χ4n) is 5.29. The van der Waals surface area contributed by atoms with Crippen LogP contribution in [0.4, 0.5) is 17.3 Å². The highest BCUT2D eigenvalue weighted by molar-refractivity contribution is 5.96. The van der Waals surface area contributed by atoms with Crippen LogP contribution in [0.5, 0.6) is 0 Å². The minimum Gasteiger partial charge on any atom is -0.384 e. The third kappa shape index (κ3) is 5.07. The molecule has 0 bridgehead atoms. The van der Waals surface area contributed by atoms with Gasteiger partial charge in [-0.05, 0) is 56.6 Å². The van der Waals surface area contributed by atoms with Crippen LogP contribution in [0.15, 0.2) is 78.2 Å². The monoisotopic (exact) mass is 550 g/mol. The first-order valence-corrected chi connectivity index (χ1v) is 13.8. The van der Waals surface area contributed by atoms with Gasteiger partial charge in [0, 0.05) is 49.1 Å². The van der Waals surface area contributed by atoms with Crippen LogP contribution in [0.3, 0.4) is 0 Å². The summed E-state index contributed by atoms with van der Waals surface area (Å²) in [6.45, 7) is 11.5. The molecule has 6 rings (SSSR count). The van der Waals surface area contributed by atoms with Crippen molar-refractivity contribution in [2.75, 3.05) is 43.4 Å². The van der Waals surface area contributed by atoms with E-state index in [1.165, 1.54) is 22.0 Å². The highest BCUT2D eigenvalue weighted by Crippen LogP contribution is 2.30. The van der Waals surface area contributed by atoms with Gasteiger partial charge in [0.25, 0.3) is 5.56 Å². The number of piperazine rings is 1. The molecular formula is C31H34N8O2. The number of benzene rings is 2. The van der Waals surface area contributed by atoms with E-state index in [9.17, 15) is 9.90 Å². The standard InChI is InChI=1S/C31H34N8O2/c1-5-14-38-29(40)24-20-32-30(35-28(24)39(38)27-11-7-10-26(34-27)31(2,3)41)33-22-12-13-23-21(19-22)8-6-9-25(23)37-17-15-36(4)16-18-37/h5-13,19-20,41H,1,14-18H2,2-4H3,(H,32,33,35). The van der Waals surface area contributed by atoms with E-state index in [4.69, 9.17) is 4.98 Å². The molecule has 1 aliphatic rings. The van der Waals surface area contributed by atoms with Crippen molar-refractivity contribution < 1.29 is 5.11 Å². The first-order chi connectivity index (χ1) is 19.7. The maximum atomic E-state index is 13.3. The van der Waals surface area contributed by atoms with Crippen molar-refractivity contribution in [1.82, 2.24) is 29.2 Å². The Morgan fingerprint density at radius 1 is 1.02 bits per heavy atom. The number of hydrogen-bond acceptors (Lipinski definition) is 8. The van der Waals surface area contributed by atoms with Crippen LogP contribution in [0.2, 0.25) is 0 Å². The Kier molecular flexibility index (Phi) is 6.80. The summed E-state index contributed by atoms with van der Waals surface area (Å²) in [5, 5.41) is 16.5. The molecule has 10 heteroatoms. The van der Waals surface area contributed by atoms with E-state index in [2.05, 4.69) is 69.0 Å². The quantitative estimate of drug-likeness (QED) is 0.293. The molecule has 0 spiro atoms. The number of aliphatic hydroxyl groups is 1. The van der Waals surface area contributed by atoms with Crippen LogP contribution in [0.25, 0.3) is 27.6 Å². The van der Waals surface area contributed by atoms with Crippen LogP contribution < -0.4 is 15.8 Å². The first-order valence-electron chi connectivity index (χ1n) is 13.8. The number of hydrogen-bond donors (Lipinski definition) is 2. The Morgan fingerprint density at radius 2 is 1.80 bits per heavy atom. The molecule has 210 valence electrons. The van der Waals surface area contributed by atoms with Crippen LogP contribution in [0.1, 0.15) is 19.5 Å². The molecule has 3 aromatic heterocycles. The number of aromatic nitrogens is 5. The number of nitrogens with zero attached hydrogens (tertiary/aromatic N) is 7. The van der Waals surface area contributed by atoms with Gasteiger partial charge in [-0.25, -0.2) is 19.3 Å². The molecule has 1 saturated heterocycles. The number of rotatable bonds is 7. The second-order valence-corrected chi connectivity index (χ2v) is 11.0. The Morgan fingerprint density at radius 3 is 2.56 bits per heavy atom. The summed E-state index contributed by atoms with van der Waals surface area (Å²) < 4.78 is 3.17. The summed E-state index contributed by atoms with van der Waals surface area (Å²) in [6, 6.07) is 18.0.